The molecule has 1 rings (SSSR count). The first-order valence-corrected chi connectivity index (χ1v) is 6.60. The van der Waals surface area contributed by atoms with Crippen LogP contribution in [-0.2, 0) is 0 Å². The van der Waals surface area contributed by atoms with Crippen LogP contribution in [0.2, 0.25) is 0 Å². The van der Waals surface area contributed by atoms with Crippen LogP contribution in [0, 0.1) is 0 Å². The van der Waals surface area contributed by atoms with Crippen LogP contribution in [0.5, 0.6) is 0 Å². The number of anilines is 1. The number of benzene rings is 1. The summed E-state index contributed by atoms with van der Waals surface area (Å²) in [5.41, 5.74) is 1.81. The Hall–Kier alpha value is -1.55. The standard InChI is InChI=1S/C15H25N3O/c1-15(2,3)17-10-9-16-13-8-6-7-12(11-13)14(19)18(4)5/h6-8,11,16-17H,9-10H2,1-5H3. The van der Waals surface area contributed by atoms with Crippen LogP contribution in [0.4, 0.5) is 5.69 Å². The van der Waals surface area contributed by atoms with Gasteiger partial charge in [-0.3, -0.25) is 4.79 Å². The van der Waals surface area contributed by atoms with Crippen LogP contribution in [-0.4, -0.2) is 43.5 Å². The van der Waals surface area contributed by atoms with Gasteiger partial charge in [0.05, 0.1) is 0 Å². The third kappa shape index (κ3) is 5.75. The van der Waals surface area contributed by atoms with E-state index in [1.165, 1.54) is 0 Å². The summed E-state index contributed by atoms with van der Waals surface area (Å²) in [4.78, 5) is 13.4. The third-order valence-corrected chi connectivity index (χ3v) is 2.63. The lowest BCUT2D eigenvalue weighted by atomic mass is 10.1. The first-order chi connectivity index (χ1) is 8.79. The Bertz CT molecular complexity index is 422. The Morgan fingerprint density at radius 3 is 2.47 bits per heavy atom. The predicted molar refractivity (Wildman–Crippen MR) is 80.7 cm³/mol. The fourth-order valence-corrected chi connectivity index (χ4v) is 1.66. The zero-order valence-electron chi connectivity index (χ0n) is 12.6. The minimum Gasteiger partial charge on any atom is -0.384 e. The van der Waals surface area contributed by atoms with E-state index in [0.29, 0.717) is 5.56 Å². The van der Waals surface area contributed by atoms with Crippen molar-refractivity contribution in [1.82, 2.24) is 10.2 Å². The lowest BCUT2D eigenvalue weighted by Crippen LogP contribution is -2.38. The van der Waals surface area contributed by atoms with E-state index in [9.17, 15) is 4.79 Å². The molecule has 0 saturated carbocycles. The normalized spacial score (nSPS) is 11.2. The molecule has 0 saturated heterocycles. The fourth-order valence-electron chi connectivity index (χ4n) is 1.66. The molecule has 2 N–H and O–H groups in total. The molecule has 0 aliphatic carbocycles. The monoisotopic (exact) mass is 263 g/mol. The van der Waals surface area contributed by atoms with E-state index < -0.39 is 0 Å². The molecule has 0 atom stereocenters. The summed E-state index contributed by atoms with van der Waals surface area (Å²) in [6.45, 7) is 8.14. The van der Waals surface area contributed by atoms with Crippen molar-refractivity contribution in [3.63, 3.8) is 0 Å². The molecule has 106 valence electrons. The van der Waals surface area contributed by atoms with Gasteiger partial charge in [0.25, 0.3) is 5.91 Å². The first-order valence-electron chi connectivity index (χ1n) is 6.60. The number of carbonyl (C=O) groups excluding carboxylic acids is 1. The second-order valence-corrected chi connectivity index (χ2v) is 5.88. The van der Waals surface area contributed by atoms with E-state index >= 15 is 0 Å². The maximum Gasteiger partial charge on any atom is 0.253 e. The highest BCUT2D eigenvalue weighted by atomic mass is 16.2. The largest absolute Gasteiger partial charge is 0.384 e. The van der Waals surface area contributed by atoms with Crippen molar-refractivity contribution in [3.8, 4) is 0 Å². The number of hydrogen-bond donors (Lipinski definition) is 2. The molecule has 0 bridgehead atoms. The van der Waals surface area contributed by atoms with Crippen molar-refractivity contribution < 1.29 is 4.79 Å². The topological polar surface area (TPSA) is 44.4 Å². The molecule has 0 unspecified atom stereocenters. The summed E-state index contributed by atoms with van der Waals surface area (Å²) >= 11 is 0. The minimum atomic E-state index is 0.0245. The summed E-state index contributed by atoms with van der Waals surface area (Å²) in [5.74, 6) is 0.0245. The second-order valence-electron chi connectivity index (χ2n) is 5.88. The number of nitrogens with one attached hydrogen (secondary N) is 2. The summed E-state index contributed by atoms with van der Waals surface area (Å²) < 4.78 is 0. The van der Waals surface area contributed by atoms with Crippen molar-refractivity contribution >= 4 is 11.6 Å². The number of rotatable bonds is 5. The van der Waals surface area contributed by atoms with Gasteiger partial charge >= 0.3 is 0 Å². The van der Waals surface area contributed by atoms with E-state index in [4.69, 9.17) is 0 Å². The number of nitrogens with zero attached hydrogens (tertiary/aromatic N) is 1. The Morgan fingerprint density at radius 2 is 1.89 bits per heavy atom. The molecule has 0 aliphatic heterocycles. The summed E-state index contributed by atoms with van der Waals surface area (Å²) in [6.07, 6.45) is 0. The van der Waals surface area contributed by atoms with Gasteiger partial charge in [0.15, 0.2) is 0 Å². The van der Waals surface area contributed by atoms with Crippen LogP contribution in [0.25, 0.3) is 0 Å². The molecule has 1 amide bonds. The van der Waals surface area contributed by atoms with Gasteiger partial charge in [-0.25, -0.2) is 0 Å². The Balaban J connectivity index is 2.51. The molecule has 0 aliphatic rings. The van der Waals surface area contributed by atoms with Crippen LogP contribution < -0.4 is 10.6 Å². The smallest absolute Gasteiger partial charge is 0.253 e. The summed E-state index contributed by atoms with van der Waals surface area (Å²) in [7, 11) is 3.52. The molecular weight excluding hydrogens is 238 g/mol. The summed E-state index contributed by atoms with van der Waals surface area (Å²) in [6, 6.07) is 7.60. The molecule has 1 aromatic rings. The van der Waals surface area contributed by atoms with Crippen molar-refractivity contribution in [3.05, 3.63) is 29.8 Å². The molecule has 0 radical (unpaired) electrons. The van der Waals surface area contributed by atoms with Gasteiger partial charge in [0.1, 0.15) is 0 Å². The van der Waals surface area contributed by atoms with Crippen molar-refractivity contribution in [2.24, 2.45) is 0 Å². The third-order valence-electron chi connectivity index (χ3n) is 2.63. The van der Waals surface area contributed by atoms with Crippen LogP contribution in [0.1, 0.15) is 31.1 Å². The van der Waals surface area contributed by atoms with E-state index in [-0.39, 0.29) is 11.4 Å². The van der Waals surface area contributed by atoms with E-state index in [1.807, 2.05) is 24.3 Å². The van der Waals surface area contributed by atoms with Crippen LogP contribution in [0.3, 0.4) is 0 Å². The molecule has 19 heavy (non-hydrogen) atoms. The molecular formula is C15H25N3O. The van der Waals surface area contributed by atoms with Crippen LogP contribution in [0.15, 0.2) is 24.3 Å². The zero-order valence-corrected chi connectivity index (χ0v) is 12.6. The highest BCUT2D eigenvalue weighted by Gasteiger charge is 2.09. The van der Waals surface area contributed by atoms with Crippen LogP contribution >= 0.6 is 0 Å². The SMILES string of the molecule is CN(C)C(=O)c1cccc(NCCNC(C)(C)C)c1. The average molecular weight is 263 g/mol. The number of carbonyl (C=O) groups is 1. The lowest BCUT2D eigenvalue weighted by Gasteiger charge is -2.20. The second kappa shape index (κ2) is 6.57. The quantitative estimate of drug-likeness (QED) is 0.800. The Morgan fingerprint density at radius 1 is 1.21 bits per heavy atom. The van der Waals surface area contributed by atoms with Gasteiger partial charge in [0, 0.05) is 44.0 Å². The zero-order chi connectivity index (χ0) is 14.5. The van der Waals surface area contributed by atoms with Crippen molar-refractivity contribution in [2.75, 3.05) is 32.5 Å². The molecule has 1 aromatic carbocycles. The summed E-state index contributed by atoms with van der Waals surface area (Å²) in [5, 5.41) is 6.73. The first kappa shape index (κ1) is 15.5. The van der Waals surface area contributed by atoms with Gasteiger partial charge in [0.2, 0.25) is 0 Å². The molecule has 4 nitrogen and oxygen atoms in total. The van der Waals surface area contributed by atoms with E-state index in [1.54, 1.807) is 19.0 Å². The lowest BCUT2D eigenvalue weighted by molar-refractivity contribution is 0.0827. The van der Waals surface area contributed by atoms with Crippen molar-refractivity contribution in [2.45, 2.75) is 26.3 Å². The molecule has 0 heterocycles. The number of hydrogen-bond acceptors (Lipinski definition) is 3. The minimum absolute atomic E-state index is 0.0245. The molecule has 0 aromatic heterocycles. The van der Waals surface area contributed by atoms with Gasteiger partial charge in [-0.1, -0.05) is 6.07 Å². The highest BCUT2D eigenvalue weighted by Crippen LogP contribution is 2.11. The Kier molecular flexibility index (Phi) is 5.36. The fraction of sp³-hybridized carbons (Fsp3) is 0.533. The maximum absolute atomic E-state index is 11.8. The predicted octanol–water partition coefficient (Wildman–Crippen LogP) is 2.19. The Labute approximate surface area is 116 Å². The van der Waals surface area contributed by atoms with Crippen molar-refractivity contribution in [1.29, 1.82) is 0 Å². The molecule has 0 spiro atoms. The number of amides is 1. The van der Waals surface area contributed by atoms with E-state index in [0.717, 1.165) is 18.8 Å². The van der Waals surface area contributed by atoms with Gasteiger partial charge < -0.3 is 15.5 Å². The van der Waals surface area contributed by atoms with Gasteiger partial charge in [-0.2, -0.15) is 0 Å². The molecule has 0 fully saturated rings. The highest BCUT2D eigenvalue weighted by molar-refractivity contribution is 5.94. The molecule has 4 heteroatoms. The van der Waals surface area contributed by atoms with E-state index in [2.05, 4.69) is 31.4 Å². The van der Waals surface area contributed by atoms with Gasteiger partial charge in [-0.05, 0) is 39.0 Å². The average Bonchev–Trinajstić information content (AvgIpc) is 2.33. The maximum atomic E-state index is 11.8. The van der Waals surface area contributed by atoms with Gasteiger partial charge in [-0.15, -0.1) is 0 Å².